The number of amides is 2. The highest BCUT2D eigenvalue weighted by Crippen LogP contribution is 2.29. The Morgan fingerprint density at radius 2 is 2.11 bits per heavy atom. The molecule has 0 atom stereocenters. The van der Waals surface area contributed by atoms with Gasteiger partial charge >= 0.3 is 0 Å². The van der Waals surface area contributed by atoms with Crippen LogP contribution in [0.5, 0.6) is 0 Å². The Balaban J connectivity index is 1.47. The molecule has 0 saturated heterocycles. The first-order valence-corrected chi connectivity index (χ1v) is 8.83. The third-order valence-corrected chi connectivity index (χ3v) is 4.93. The Kier molecular flexibility index (Phi) is 4.42. The zero-order valence-corrected chi connectivity index (χ0v) is 14.7. The van der Waals surface area contributed by atoms with Gasteiger partial charge in [-0.2, -0.15) is 5.10 Å². The summed E-state index contributed by atoms with van der Waals surface area (Å²) in [6.45, 7) is 0.849. The van der Waals surface area contributed by atoms with Crippen molar-refractivity contribution in [1.29, 1.82) is 0 Å². The molecular formula is C16H13N7O3S. The van der Waals surface area contributed by atoms with Crippen LogP contribution in [0.4, 0.5) is 5.13 Å². The summed E-state index contributed by atoms with van der Waals surface area (Å²) < 4.78 is 0. The second-order valence-electron chi connectivity index (χ2n) is 5.72. The van der Waals surface area contributed by atoms with Gasteiger partial charge in [0.05, 0.1) is 18.4 Å². The fraction of sp³-hybridized carbons (Fsp3) is 0.188. The van der Waals surface area contributed by atoms with Crippen LogP contribution >= 0.6 is 11.3 Å². The van der Waals surface area contributed by atoms with Crippen LogP contribution in [-0.4, -0.2) is 48.4 Å². The highest BCUT2D eigenvalue weighted by molar-refractivity contribution is 7.15. The fourth-order valence-corrected chi connectivity index (χ4v) is 3.64. The molecule has 3 aromatic rings. The quantitative estimate of drug-likeness (QED) is 0.671. The van der Waals surface area contributed by atoms with E-state index in [1.807, 2.05) is 0 Å². The average molecular weight is 383 g/mol. The average Bonchev–Trinajstić information content (AvgIpc) is 3.10. The number of carbonyl (C=O) groups is 2. The fourth-order valence-electron chi connectivity index (χ4n) is 2.63. The van der Waals surface area contributed by atoms with E-state index in [-0.39, 0.29) is 28.8 Å². The SMILES string of the molecule is O=C(Nc1nc2c(s1)CN(C(=O)c1ccc(=O)[nH]n1)CC2)c1cnccn1. The number of H-pyrrole nitrogens is 1. The van der Waals surface area contributed by atoms with Crippen LogP contribution in [0, 0.1) is 0 Å². The molecule has 11 heteroatoms. The standard InChI is InChI=1S/C16H13N7O3S/c24-13-2-1-10(21-22-13)15(26)23-6-3-9-12(8-23)27-16(19-9)20-14(25)11-7-17-4-5-18-11/h1-2,4-5,7H,3,6,8H2,(H,22,24)(H,19,20,25). The summed E-state index contributed by atoms with van der Waals surface area (Å²) in [4.78, 5) is 50.6. The number of hydrogen-bond acceptors (Lipinski definition) is 8. The van der Waals surface area contributed by atoms with E-state index < -0.39 is 0 Å². The summed E-state index contributed by atoms with van der Waals surface area (Å²) in [7, 11) is 0. The second-order valence-corrected chi connectivity index (χ2v) is 6.80. The lowest BCUT2D eigenvalue weighted by Gasteiger charge is -2.25. The molecule has 1 aliphatic heterocycles. The van der Waals surface area contributed by atoms with Gasteiger partial charge in [0.25, 0.3) is 17.4 Å². The maximum atomic E-state index is 12.5. The predicted octanol–water partition coefficient (Wildman–Crippen LogP) is 0.467. The molecule has 0 saturated carbocycles. The number of hydrogen-bond donors (Lipinski definition) is 2. The smallest absolute Gasteiger partial charge is 0.277 e. The Morgan fingerprint density at radius 3 is 2.85 bits per heavy atom. The Bertz CT molecular complexity index is 1040. The van der Waals surface area contributed by atoms with Crippen LogP contribution in [-0.2, 0) is 13.0 Å². The molecule has 136 valence electrons. The lowest BCUT2D eigenvalue weighted by Crippen LogP contribution is -2.36. The van der Waals surface area contributed by atoms with Gasteiger partial charge in [-0.05, 0) is 6.07 Å². The first-order valence-electron chi connectivity index (χ1n) is 8.01. The van der Waals surface area contributed by atoms with Crippen LogP contribution in [0.1, 0.15) is 31.5 Å². The number of fused-ring (bicyclic) bond motifs is 1. The highest BCUT2D eigenvalue weighted by atomic mass is 32.1. The van der Waals surface area contributed by atoms with E-state index >= 15 is 0 Å². The van der Waals surface area contributed by atoms with Crippen molar-refractivity contribution in [1.82, 2.24) is 30.0 Å². The largest absolute Gasteiger partial charge is 0.332 e. The van der Waals surface area contributed by atoms with Crippen molar-refractivity contribution in [2.24, 2.45) is 0 Å². The third-order valence-electron chi connectivity index (χ3n) is 3.93. The normalized spacial score (nSPS) is 13.1. The van der Waals surface area contributed by atoms with E-state index in [1.165, 1.54) is 42.1 Å². The van der Waals surface area contributed by atoms with Gasteiger partial charge in [-0.1, -0.05) is 11.3 Å². The van der Waals surface area contributed by atoms with Crippen LogP contribution in [0.15, 0.2) is 35.5 Å². The number of aromatic nitrogens is 5. The molecule has 27 heavy (non-hydrogen) atoms. The minimum Gasteiger partial charge on any atom is -0.332 e. The third kappa shape index (κ3) is 3.58. The molecule has 3 aromatic heterocycles. The van der Waals surface area contributed by atoms with E-state index in [2.05, 4.69) is 30.5 Å². The summed E-state index contributed by atoms with van der Waals surface area (Å²) in [5.74, 6) is -0.657. The van der Waals surface area contributed by atoms with Gasteiger partial charge in [-0.25, -0.2) is 15.1 Å². The van der Waals surface area contributed by atoms with Crippen molar-refractivity contribution in [3.05, 3.63) is 63.0 Å². The number of nitrogens with zero attached hydrogens (tertiary/aromatic N) is 5. The van der Waals surface area contributed by atoms with Gasteiger partial charge < -0.3 is 4.90 Å². The number of aromatic amines is 1. The van der Waals surface area contributed by atoms with Gasteiger partial charge in [0.15, 0.2) is 5.13 Å². The van der Waals surface area contributed by atoms with E-state index in [0.29, 0.717) is 24.6 Å². The van der Waals surface area contributed by atoms with E-state index in [4.69, 9.17) is 0 Å². The molecule has 10 nitrogen and oxygen atoms in total. The maximum Gasteiger partial charge on any atom is 0.277 e. The summed E-state index contributed by atoms with van der Waals surface area (Å²) in [6, 6.07) is 2.67. The zero-order valence-electron chi connectivity index (χ0n) is 13.9. The Hall–Kier alpha value is -3.47. The Labute approximate surface area is 156 Å². The zero-order chi connectivity index (χ0) is 18.8. The number of nitrogens with one attached hydrogen (secondary N) is 2. The van der Waals surface area contributed by atoms with E-state index in [9.17, 15) is 14.4 Å². The molecule has 2 amide bonds. The van der Waals surface area contributed by atoms with Crippen molar-refractivity contribution >= 4 is 28.3 Å². The van der Waals surface area contributed by atoms with E-state index in [0.717, 1.165) is 10.6 Å². The molecule has 4 rings (SSSR count). The van der Waals surface area contributed by atoms with Gasteiger partial charge in [0.2, 0.25) is 0 Å². The number of thiazole rings is 1. The molecule has 0 spiro atoms. The van der Waals surface area contributed by atoms with Crippen LogP contribution in [0.2, 0.25) is 0 Å². The molecule has 0 unspecified atom stereocenters. The lowest BCUT2D eigenvalue weighted by molar-refractivity contribution is 0.0728. The lowest BCUT2D eigenvalue weighted by atomic mass is 10.1. The monoisotopic (exact) mass is 383 g/mol. The topological polar surface area (TPSA) is 134 Å². The van der Waals surface area contributed by atoms with Crippen molar-refractivity contribution in [3.63, 3.8) is 0 Å². The molecule has 0 aliphatic carbocycles. The maximum absolute atomic E-state index is 12.5. The number of carbonyl (C=O) groups excluding carboxylic acids is 2. The van der Waals surface area contributed by atoms with E-state index in [1.54, 1.807) is 4.90 Å². The molecule has 0 bridgehead atoms. The number of anilines is 1. The molecule has 0 radical (unpaired) electrons. The van der Waals surface area contributed by atoms with Crippen molar-refractivity contribution in [2.45, 2.75) is 13.0 Å². The van der Waals surface area contributed by atoms with Crippen LogP contribution in [0.3, 0.4) is 0 Å². The summed E-state index contributed by atoms with van der Waals surface area (Å²) in [5, 5.41) is 9.19. The summed E-state index contributed by atoms with van der Waals surface area (Å²) in [5.41, 5.74) is 0.872. The molecule has 2 N–H and O–H groups in total. The van der Waals surface area contributed by atoms with Crippen molar-refractivity contribution in [3.8, 4) is 0 Å². The van der Waals surface area contributed by atoms with Crippen molar-refractivity contribution < 1.29 is 9.59 Å². The van der Waals surface area contributed by atoms with Gasteiger partial charge in [0.1, 0.15) is 11.4 Å². The predicted molar refractivity (Wildman–Crippen MR) is 95.4 cm³/mol. The molecule has 4 heterocycles. The minimum absolute atomic E-state index is 0.179. The molecule has 0 aromatic carbocycles. The molecule has 1 aliphatic rings. The van der Waals surface area contributed by atoms with Crippen LogP contribution < -0.4 is 10.9 Å². The first-order chi connectivity index (χ1) is 13.1. The van der Waals surface area contributed by atoms with Crippen molar-refractivity contribution in [2.75, 3.05) is 11.9 Å². The molecule has 0 fully saturated rings. The van der Waals surface area contributed by atoms with Gasteiger partial charge in [-0.15, -0.1) is 0 Å². The van der Waals surface area contributed by atoms with Crippen LogP contribution in [0.25, 0.3) is 0 Å². The summed E-state index contributed by atoms with van der Waals surface area (Å²) in [6.07, 6.45) is 4.88. The Morgan fingerprint density at radius 1 is 1.22 bits per heavy atom. The highest BCUT2D eigenvalue weighted by Gasteiger charge is 2.26. The first kappa shape index (κ1) is 17.0. The summed E-state index contributed by atoms with van der Waals surface area (Å²) >= 11 is 1.31. The second kappa shape index (κ2) is 7.03. The van der Waals surface area contributed by atoms with Gasteiger partial charge in [-0.3, -0.25) is 24.7 Å². The molecular weight excluding hydrogens is 370 g/mol. The minimum atomic E-state index is -0.389. The number of rotatable bonds is 3. The van der Waals surface area contributed by atoms with Gasteiger partial charge in [0, 0.05) is 36.3 Å².